The first-order valence-corrected chi connectivity index (χ1v) is 8.90. The fourth-order valence-corrected chi connectivity index (χ4v) is 3.81. The average Bonchev–Trinajstić information content (AvgIpc) is 2.65. The molecule has 1 amide bonds. The molecule has 2 aliphatic rings. The lowest BCUT2D eigenvalue weighted by Crippen LogP contribution is -2.58. The number of amides is 1. The van der Waals surface area contributed by atoms with Crippen LogP contribution in [0.2, 0.25) is 0 Å². The van der Waals surface area contributed by atoms with Crippen LogP contribution >= 0.6 is 0 Å². The minimum absolute atomic E-state index is 0.0464. The fourth-order valence-electron chi connectivity index (χ4n) is 3.81. The summed E-state index contributed by atoms with van der Waals surface area (Å²) >= 11 is 0. The van der Waals surface area contributed by atoms with E-state index >= 15 is 0 Å². The molecule has 1 aliphatic carbocycles. The summed E-state index contributed by atoms with van der Waals surface area (Å²) in [7, 11) is 1.59. The van der Waals surface area contributed by atoms with Gasteiger partial charge < -0.3 is 14.8 Å². The molecular weight excluding hydrogens is 318 g/mol. The minimum atomic E-state index is -0.0464. The molecule has 1 saturated carbocycles. The molecule has 3 rings (SSSR count). The second-order valence-electron chi connectivity index (χ2n) is 6.73. The van der Waals surface area contributed by atoms with Crippen LogP contribution in [0.1, 0.15) is 38.2 Å². The zero-order valence-corrected chi connectivity index (χ0v) is 14.8. The van der Waals surface area contributed by atoms with E-state index in [4.69, 9.17) is 14.7 Å². The molecule has 2 fully saturated rings. The Hall–Kier alpha value is -2.26. The summed E-state index contributed by atoms with van der Waals surface area (Å²) < 4.78 is 11.5. The number of nitrogens with one attached hydrogen (secondary N) is 1. The van der Waals surface area contributed by atoms with Gasteiger partial charge in [0.05, 0.1) is 30.9 Å². The lowest BCUT2D eigenvalue weighted by Gasteiger charge is -2.42. The van der Waals surface area contributed by atoms with Gasteiger partial charge in [0.2, 0.25) is 5.91 Å². The van der Waals surface area contributed by atoms with Crippen LogP contribution < -0.4 is 14.8 Å². The Morgan fingerprint density at radius 3 is 2.68 bits per heavy atom. The average molecular weight is 343 g/mol. The maximum atomic E-state index is 11.9. The third kappa shape index (κ3) is 3.88. The number of carbonyl (C=O) groups excluding carboxylic acids is 1. The summed E-state index contributed by atoms with van der Waals surface area (Å²) in [5, 5.41) is 11.9. The highest BCUT2D eigenvalue weighted by atomic mass is 16.5. The van der Waals surface area contributed by atoms with Crippen molar-refractivity contribution in [3.05, 3.63) is 23.8 Å². The molecule has 1 saturated heterocycles. The number of carbonyl (C=O) groups is 1. The number of ether oxygens (including phenoxy) is 2. The van der Waals surface area contributed by atoms with E-state index in [1.54, 1.807) is 25.3 Å². The third-order valence-electron chi connectivity index (χ3n) is 5.25. The van der Waals surface area contributed by atoms with Crippen molar-refractivity contribution in [1.29, 1.82) is 5.26 Å². The second-order valence-corrected chi connectivity index (χ2v) is 6.73. The SMILES string of the molecule is COc1cc(C#N)ccc1OC1CCC(N2CCNC(=O)C2C)CC1. The first-order chi connectivity index (χ1) is 12.1. The molecule has 0 aromatic heterocycles. The van der Waals surface area contributed by atoms with Gasteiger partial charge in [-0.1, -0.05) is 0 Å². The summed E-state index contributed by atoms with van der Waals surface area (Å²) in [5.41, 5.74) is 0.560. The van der Waals surface area contributed by atoms with Gasteiger partial charge in [-0.2, -0.15) is 5.26 Å². The van der Waals surface area contributed by atoms with E-state index in [9.17, 15) is 4.79 Å². The fraction of sp³-hybridized carbons (Fsp3) is 0.579. The van der Waals surface area contributed by atoms with Gasteiger partial charge in [0.1, 0.15) is 0 Å². The zero-order valence-electron chi connectivity index (χ0n) is 14.8. The largest absolute Gasteiger partial charge is 0.493 e. The number of hydrogen-bond donors (Lipinski definition) is 1. The standard InChI is InChI=1S/C19H25N3O3/c1-13-19(23)21-9-10-22(13)15-4-6-16(7-5-15)25-17-8-3-14(12-20)11-18(17)24-2/h3,8,11,13,15-16H,4-7,9-10H2,1-2H3,(H,21,23). The second kappa shape index (κ2) is 7.75. The van der Waals surface area contributed by atoms with Gasteiger partial charge in [-0.15, -0.1) is 0 Å². The van der Waals surface area contributed by atoms with Crippen LogP contribution in [0.5, 0.6) is 11.5 Å². The molecule has 1 N–H and O–H groups in total. The van der Waals surface area contributed by atoms with Crippen molar-refractivity contribution in [2.24, 2.45) is 0 Å². The van der Waals surface area contributed by atoms with Crippen LogP contribution in [-0.4, -0.2) is 49.2 Å². The molecule has 1 unspecified atom stereocenters. The molecule has 1 aliphatic heterocycles. The highest BCUT2D eigenvalue weighted by molar-refractivity contribution is 5.82. The van der Waals surface area contributed by atoms with Crippen molar-refractivity contribution >= 4 is 5.91 Å². The molecule has 1 atom stereocenters. The van der Waals surface area contributed by atoms with Gasteiger partial charge in [0.25, 0.3) is 0 Å². The Bertz CT molecular complexity index is 662. The minimum Gasteiger partial charge on any atom is -0.493 e. The number of hydrogen-bond acceptors (Lipinski definition) is 5. The number of rotatable bonds is 4. The molecule has 25 heavy (non-hydrogen) atoms. The normalized spacial score (nSPS) is 27.2. The molecule has 1 heterocycles. The topological polar surface area (TPSA) is 74.6 Å². The Labute approximate surface area is 148 Å². The predicted octanol–water partition coefficient (Wildman–Crippen LogP) is 2.08. The van der Waals surface area contributed by atoms with E-state index in [1.807, 2.05) is 6.92 Å². The van der Waals surface area contributed by atoms with Crippen LogP contribution in [0.3, 0.4) is 0 Å². The molecule has 0 radical (unpaired) electrons. The highest BCUT2D eigenvalue weighted by Crippen LogP contribution is 2.33. The monoisotopic (exact) mass is 343 g/mol. The maximum Gasteiger partial charge on any atom is 0.237 e. The Morgan fingerprint density at radius 1 is 1.24 bits per heavy atom. The van der Waals surface area contributed by atoms with E-state index in [-0.39, 0.29) is 18.1 Å². The summed E-state index contributed by atoms with van der Waals surface area (Å²) in [5.74, 6) is 1.42. The van der Waals surface area contributed by atoms with Crippen molar-refractivity contribution < 1.29 is 14.3 Å². The van der Waals surface area contributed by atoms with Gasteiger partial charge in [-0.25, -0.2) is 0 Å². The Morgan fingerprint density at radius 2 is 2.00 bits per heavy atom. The number of piperazine rings is 1. The molecule has 0 bridgehead atoms. The summed E-state index contributed by atoms with van der Waals surface area (Å²) in [6, 6.07) is 7.77. The van der Waals surface area contributed by atoms with Crippen molar-refractivity contribution in [2.75, 3.05) is 20.2 Å². The van der Waals surface area contributed by atoms with Gasteiger partial charge in [0, 0.05) is 25.2 Å². The van der Waals surface area contributed by atoms with E-state index in [0.717, 1.165) is 38.8 Å². The predicted molar refractivity (Wildman–Crippen MR) is 93.6 cm³/mol. The quantitative estimate of drug-likeness (QED) is 0.906. The van der Waals surface area contributed by atoms with Crippen LogP contribution in [0.15, 0.2) is 18.2 Å². The molecule has 0 spiro atoms. The highest BCUT2D eigenvalue weighted by Gasteiger charge is 2.34. The first kappa shape index (κ1) is 17.6. The van der Waals surface area contributed by atoms with Gasteiger partial charge >= 0.3 is 0 Å². The van der Waals surface area contributed by atoms with Crippen LogP contribution in [0.25, 0.3) is 0 Å². The van der Waals surface area contributed by atoms with E-state index in [2.05, 4.69) is 16.3 Å². The van der Waals surface area contributed by atoms with Crippen molar-refractivity contribution in [3.8, 4) is 17.6 Å². The Kier molecular flexibility index (Phi) is 5.44. The molecular formula is C19H25N3O3. The number of methoxy groups -OCH3 is 1. The lowest BCUT2D eigenvalue weighted by atomic mass is 9.90. The molecule has 1 aromatic rings. The molecule has 6 heteroatoms. The molecule has 134 valence electrons. The molecule has 1 aromatic carbocycles. The smallest absolute Gasteiger partial charge is 0.237 e. The first-order valence-electron chi connectivity index (χ1n) is 8.90. The van der Waals surface area contributed by atoms with E-state index in [1.165, 1.54) is 0 Å². The Balaban J connectivity index is 1.58. The van der Waals surface area contributed by atoms with Crippen molar-refractivity contribution in [1.82, 2.24) is 10.2 Å². The maximum absolute atomic E-state index is 11.9. The van der Waals surface area contributed by atoms with Gasteiger partial charge in [-0.3, -0.25) is 9.69 Å². The van der Waals surface area contributed by atoms with Gasteiger partial charge in [0.15, 0.2) is 11.5 Å². The number of nitriles is 1. The van der Waals surface area contributed by atoms with Crippen LogP contribution in [0, 0.1) is 11.3 Å². The summed E-state index contributed by atoms with van der Waals surface area (Å²) in [6.45, 7) is 3.65. The number of benzene rings is 1. The third-order valence-corrected chi connectivity index (χ3v) is 5.25. The van der Waals surface area contributed by atoms with Crippen LogP contribution in [-0.2, 0) is 4.79 Å². The number of nitrogens with zero attached hydrogens (tertiary/aromatic N) is 2. The summed E-state index contributed by atoms with van der Waals surface area (Å²) in [6.07, 6.45) is 4.12. The van der Waals surface area contributed by atoms with Crippen molar-refractivity contribution in [2.45, 2.75) is 50.8 Å². The van der Waals surface area contributed by atoms with Gasteiger partial charge in [-0.05, 0) is 44.7 Å². The van der Waals surface area contributed by atoms with Crippen LogP contribution in [0.4, 0.5) is 0 Å². The molecule has 6 nitrogen and oxygen atoms in total. The van der Waals surface area contributed by atoms with E-state index in [0.29, 0.717) is 23.1 Å². The zero-order chi connectivity index (χ0) is 17.8. The summed E-state index contributed by atoms with van der Waals surface area (Å²) in [4.78, 5) is 14.2. The van der Waals surface area contributed by atoms with E-state index < -0.39 is 0 Å². The lowest BCUT2D eigenvalue weighted by molar-refractivity contribution is -0.130. The van der Waals surface area contributed by atoms with Crippen molar-refractivity contribution in [3.63, 3.8) is 0 Å².